The number of nitro groups is 1. The van der Waals surface area contributed by atoms with Crippen LogP contribution in [0.25, 0.3) is 0 Å². The van der Waals surface area contributed by atoms with Crippen LogP contribution in [0.15, 0.2) is 53.6 Å². The average molecular weight is 271 g/mol. The molecule has 0 aliphatic rings. The molecule has 6 heteroatoms. The Balaban J connectivity index is 2.16. The molecule has 0 fully saturated rings. The van der Waals surface area contributed by atoms with Crippen molar-refractivity contribution in [3.05, 3.63) is 64.2 Å². The molecule has 0 atom stereocenters. The van der Waals surface area contributed by atoms with Crippen LogP contribution in [-0.4, -0.2) is 18.2 Å². The Hall–Kier alpha value is -2.89. The smallest absolute Gasteiger partial charge is 0.294 e. The van der Waals surface area contributed by atoms with Crippen LogP contribution >= 0.6 is 0 Å². The number of nitrogens with one attached hydrogen (secondary N) is 1. The summed E-state index contributed by atoms with van der Waals surface area (Å²) in [5, 5.41) is 14.9. The average Bonchev–Trinajstić information content (AvgIpc) is 2.48. The lowest BCUT2D eigenvalue weighted by Gasteiger charge is -2.04. The first-order chi connectivity index (χ1) is 9.72. The third kappa shape index (κ3) is 3.11. The van der Waals surface area contributed by atoms with Gasteiger partial charge in [0.25, 0.3) is 5.69 Å². The molecule has 0 aliphatic carbocycles. The molecule has 0 aliphatic heterocycles. The second-order valence-corrected chi connectivity index (χ2v) is 3.89. The molecule has 6 nitrogen and oxygen atoms in total. The number of benzene rings is 2. The molecule has 2 rings (SSSR count). The number of hydrogen-bond donors (Lipinski definition) is 1. The van der Waals surface area contributed by atoms with Crippen molar-refractivity contribution in [2.24, 2.45) is 5.10 Å². The highest BCUT2D eigenvalue weighted by molar-refractivity contribution is 5.84. The van der Waals surface area contributed by atoms with Crippen LogP contribution in [0.4, 0.5) is 11.4 Å². The molecule has 1 N–H and O–H groups in total. The van der Waals surface area contributed by atoms with E-state index in [0.717, 1.165) is 5.56 Å². The zero-order valence-corrected chi connectivity index (χ0v) is 10.8. The summed E-state index contributed by atoms with van der Waals surface area (Å²) in [6, 6.07) is 13.7. The lowest BCUT2D eigenvalue weighted by atomic mass is 10.2. The number of hydrogen-bond acceptors (Lipinski definition) is 5. The minimum Gasteiger partial charge on any atom is -0.496 e. The van der Waals surface area contributed by atoms with Gasteiger partial charge in [0.15, 0.2) is 0 Å². The molecular weight excluding hydrogens is 258 g/mol. The molecule has 0 radical (unpaired) electrons. The fraction of sp³-hybridized carbons (Fsp3) is 0.0714. The number of para-hydroxylation sites is 3. The normalized spacial score (nSPS) is 10.4. The summed E-state index contributed by atoms with van der Waals surface area (Å²) in [6.07, 6.45) is 1.55. The molecule has 0 saturated carbocycles. The zero-order valence-electron chi connectivity index (χ0n) is 10.8. The predicted octanol–water partition coefficient (Wildman–Crippen LogP) is 3.05. The van der Waals surface area contributed by atoms with Crippen LogP contribution in [-0.2, 0) is 0 Å². The summed E-state index contributed by atoms with van der Waals surface area (Å²) in [7, 11) is 1.57. The van der Waals surface area contributed by atoms with Gasteiger partial charge >= 0.3 is 0 Å². The fourth-order valence-electron chi connectivity index (χ4n) is 1.67. The van der Waals surface area contributed by atoms with E-state index in [1.54, 1.807) is 31.5 Å². The summed E-state index contributed by atoms with van der Waals surface area (Å²) in [6.45, 7) is 0. The maximum Gasteiger partial charge on any atom is 0.294 e. The lowest BCUT2D eigenvalue weighted by Crippen LogP contribution is -1.97. The third-order valence-electron chi connectivity index (χ3n) is 2.63. The summed E-state index contributed by atoms with van der Waals surface area (Å²) in [5.41, 5.74) is 3.76. The zero-order chi connectivity index (χ0) is 14.4. The largest absolute Gasteiger partial charge is 0.496 e. The second-order valence-electron chi connectivity index (χ2n) is 3.89. The van der Waals surface area contributed by atoms with Gasteiger partial charge < -0.3 is 4.74 Å². The molecule has 0 saturated heterocycles. The van der Waals surface area contributed by atoms with Crippen molar-refractivity contribution in [3.63, 3.8) is 0 Å². The van der Waals surface area contributed by atoms with Gasteiger partial charge in [0, 0.05) is 11.6 Å². The van der Waals surface area contributed by atoms with Crippen molar-refractivity contribution in [2.45, 2.75) is 0 Å². The van der Waals surface area contributed by atoms with E-state index in [-0.39, 0.29) is 5.69 Å². The highest BCUT2D eigenvalue weighted by Gasteiger charge is 2.10. The van der Waals surface area contributed by atoms with Crippen LogP contribution in [0, 0.1) is 10.1 Å². The summed E-state index contributed by atoms with van der Waals surface area (Å²) >= 11 is 0. The van der Waals surface area contributed by atoms with Crippen LogP contribution < -0.4 is 10.2 Å². The van der Waals surface area contributed by atoms with Crippen molar-refractivity contribution in [1.82, 2.24) is 0 Å². The number of nitrogens with zero attached hydrogens (tertiary/aromatic N) is 2. The molecule has 0 heterocycles. The van der Waals surface area contributed by atoms with Crippen LogP contribution in [0.5, 0.6) is 5.75 Å². The van der Waals surface area contributed by atoms with E-state index < -0.39 is 4.92 Å². The van der Waals surface area contributed by atoms with Gasteiger partial charge in [0.2, 0.25) is 0 Å². The first-order valence-corrected chi connectivity index (χ1v) is 5.88. The maximum absolute atomic E-state index is 10.8. The molecule has 2 aromatic carbocycles. The van der Waals surface area contributed by atoms with Crippen molar-refractivity contribution >= 4 is 17.6 Å². The monoisotopic (exact) mass is 271 g/mol. The van der Waals surface area contributed by atoms with Gasteiger partial charge in [-0.15, -0.1) is 0 Å². The van der Waals surface area contributed by atoms with E-state index in [1.165, 1.54) is 6.07 Å². The minimum absolute atomic E-state index is 0.0234. The van der Waals surface area contributed by atoms with Crippen LogP contribution in [0.2, 0.25) is 0 Å². The van der Waals surface area contributed by atoms with E-state index in [4.69, 9.17) is 4.74 Å². The number of nitro benzene ring substituents is 1. The molecule has 0 spiro atoms. The highest BCUT2D eigenvalue weighted by Crippen LogP contribution is 2.23. The Morgan fingerprint density at radius 2 is 1.90 bits per heavy atom. The number of anilines is 1. The van der Waals surface area contributed by atoms with E-state index in [9.17, 15) is 10.1 Å². The number of rotatable bonds is 5. The molecule has 102 valence electrons. The van der Waals surface area contributed by atoms with Crippen LogP contribution in [0.1, 0.15) is 5.56 Å². The molecule has 0 bridgehead atoms. The van der Waals surface area contributed by atoms with Crippen molar-refractivity contribution in [2.75, 3.05) is 12.5 Å². The number of hydrazone groups is 1. The van der Waals surface area contributed by atoms with Gasteiger partial charge in [-0.2, -0.15) is 5.10 Å². The Labute approximate surface area is 115 Å². The van der Waals surface area contributed by atoms with Crippen molar-refractivity contribution in [1.29, 1.82) is 0 Å². The van der Waals surface area contributed by atoms with E-state index in [0.29, 0.717) is 11.4 Å². The fourth-order valence-corrected chi connectivity index (χ4v) is 1.67. The predicted molar refractivity (Wildman–Crippen MR) is 77.3 cm³/mol. The lowest BCUT2D eigenvalue weighted by molar-refractivity contribution is -0.384. The molecule has 0 amide bonds. The molecule has 0 aromatic heterocycles. The summed E-state index contributed by atoms with van der Waals surface area (Å²) < 4.78 is 5.18. The van der Waals surface area contributed by atoms with E-state index >= 15 is 0 Å². The first-order valence-electron chi connectivity index (χ1n) is 5.88. The van der Waals surface area contributed by atoms with Gasteiger partial charge in [-0.3, -0.25) is 15.5 Å². The van der Waals surface area contributed by atoms with Crippen molar-refractivity contribution < 1.29 is 9.66 Å². The maximum atomic E-state index is 10.8. The SMILES string of the molecule is COc1ccccc1/C=N\Nc1ccccc1[N+](=O)[O-]. The Kier molecular flexibility index (Phi) is 4.28. The van der Waals surface area contributed by atoms with E-state index in [1.807, 2.05) is 24.3 Å². The molecule has 2 aromatic rings. The van der Waals surface area contributed by atoms with Gasteiger partial charge in [-0.05, 0) is 18.2 Å². The minimum atomic E-state index is -0.457. The Morgan fingerprint density at radius 3 is 2.65 bits per heavy atom. The van der Waals surface area contributed by atoms with E-state index in [2.05, 4.69) is 10.5 Å². The molecule has 0 unspecified atom stereocenters. The standard InChI is InChI=1S/C14H13N3O3/c1-20-14-9-5-2-6-11(14)10-15-16-12-7-3-4-8-13(12)17(18)19/h2-10,16H,1H3/b15-10-. The Morgan fingerprint density at radius 1 is 1.20 bits per heavy atom. The topological polar surface area (TPSA) is 76.8 Å². The third-order valence-corrected chi connectivity index (χ3v) is 2.63. The number of ether oxygens (including phenoxy) is 1. The summed E-state index contributed by atoms with van der Waals surface area (Å²) in [5.74, 6) is 0.681. The molecule has 20 heavy (non-hydrogen) atoms. The highest BCUT2D eigenvalue weighted by atomic mass is 16.6. The van der Waals surface area contributed by atoms with Gasteiger partial charge in [-0.25, -0.2) is 0 Å². The quantitative estimate of drug-likeness (QED) is 0.515. The Bertz CT molecular complexity index is 641. The van der Waals surface area contributed by atoms with Crippen molar-refractivity contribution in [3.8, 4) is 5.75 Å². The van der Waals surface area contributed by atoms with Gasteiger partial charge in [-0.1, -0.05) is 24.3 Å². The van der Waals surface area contributed by atoms with Crippen LogP contribution in [0.3, 0.4) is 0 Å². The first kappa shape index (κ1) is 13.5. The summed E-state index contributed by atoms with van der Waals surface area (Å²) in [4.78, 5) is 10.4. The number of methoxy groups -OCH3 is 1. The second kappa shape index (κ2) is 6.33. The molecular formula is C14H13N3O3. The van der Waals surface area contributed by atoms with Gasteiger partial charge in [0.05, 0.1) is 18.2 Å². The van der Waals surface area contributed by atoms with Gasteiger partial charge in [0.1, 0.15) is 11.4 Å².